The van der Waals surface area contributed by atoms with Gasteiger partial charge in [0.15, 0.2) is 11.7 Å². The molecular weight excluding hydrogens is 408 g/mol. The van der Waals surface area contributed by atoms with Crippen molar-refractivity contribution in [3.05, 3.63) is 11.8 Å². The number of aryl methyl sites for hydroxylation is 1. The van der Waals surface area contributed by atoms with E-state index < -0.39 is 17.9 Å². The number of carbonyl (C=O) groups excluding carboxylic acids is 3. The minimum absolute atomic E-state index is 0.0198. The zero-order chi connectivity index (χ0) is 22.2. The van der Waals surface area contributed by atoms with Gasteiger partial charge in [0.1, 0.15) is 10.8 Å². The van der Waals surface area contributed by atoms with Crippen molar-refractivity contribution in [2.45, 2.75) is 34.1 Å². The maximum Gasteiger partial charge on any atom is 0.445 e. The quantitative estimate of drug-likeness (QED) is 0.727. The average molecular weight is 434 g/mol. The van der Waals surface area contributed by atoms with Gasteiger partial charge in [-0.1, -0.05) is 42.7 Å². The number of aliphatic imine (C=N–C) groups is 2. The maximum absolute atomic E-state index is 12.8. The lowest BCUT2D eigenvalue weighted by Gasteiger charge is -2.27. The summed E-state index contributed by atoms with van der Waals surface area (Å²) in [5.41, 5.74) is -0.0915. The molecule has 0 bridgehead atoms. The van der Waals surface area contributed by atoms with E-state index in [4.69, 9.17) is 4.52 Å². The van der Waals surface area contributed by atoms with Crippen LogP contribution in [0.1, 0.15) is 33.0 Å². The molecule has 160 valence electrons. The number of nitrogens with zero attached hydrogens (tertiary/aromatic N) is 5. The van der Waals surface area contributed by atoms with Gasteiger partial charge in [0.2, 0.25) is 11.7 Å². The summed E-state index contributed by atoms with van der Waals surface area (Å²) in [5, 5.41) is 6.82. The van der Waals surface area contributed by atoms with Crippen molar-refractivity contribution < 1.29 is 23.5 Å². The van der Waals surface area contributed by atoms with E-state index in [1.807, 2.05) is 0 Å². The summed E-state index contributed by atoms with van der Waals surface area (Å²) in [6.07, 6.45) is 0.559. The molecule has 0 aliphatic carbocycles. The lowest BCUT2D eigenvalue weighted by atomic mass is 9.91. The number of aromatic nitrogens is 1. The Kier molecular flexibility index (Phi) is 5.93. The molecule has 0 saturated carbocycles. The number of imide groups is 1. The van der Waals surface area contributed by atoms with Crippen molar-refractivity contribution in [1.29, 1.82) is 0 Å². The van der Waals surface area contributed by atoms with E-state index in [-0.39, 0.29) is 17.1 Å². The van der Waals surface area contributed by atoms with Gasteiger partial charge >= 0.3 is 11.9 Å². The van der Waals surface area contributed by atoms with E-state index in [1.54, 1.807) is 20.0 Å². The Labute approximate surface area is 178 Å². The van der Waals surface area contributed by atoms with E-state index in [9.17, 15) is 14.4 Å². The number of amides is 4. The lowest BCUT2D eigenvalue weighted by molar-refractivity contribution is -0.407. The van der Waals surface area contributed by atoms with Crippen LogP contribution in [-0.2, 0) is 9.59 Å². The first-order chi connectivity index (χ1) is 14.0. The molecule has 10 nitrogen and oxygen atoms in total. The summed E-state index contributed by atoms with van der Waals surface area (Å²) in [6, 6.07) is 1.16. The molecule has 4 amide bonds. The van der Waals surface area contributed by atoms with Gasteiger partial charge in [-0.15, -0.1) is 0 Å². The van der Waals surface area contributed by atoms with Crippen molar-refractivity contribution in [1.82, 2.24) is 10.1 Å². The van der Waals surface area contributed by atoms with Crippen LogP contribution in [0.15, 0.2) is 20.6 Å². The average Bonchev–Trinajstić information content (AvgIpc) is 3.05. The summed E-state index contributed by atoms with van der Waals surface area (Å²) in [7, 11) is 3.01. The van der Waals surface area contributed by atoms with Gasteiger partial charge in [-0.25, -0.2) is 9.79 Å². The molecule has 3 heterocycles. The summed E-state index contributed by atoms with van der Waals surface area (Å²) >= 11 is 1.15. The molecule has 0 saturated heterocycles. The first kappa shape index (κ1) is 21.9. The van der Waals surface area contributed by atoms with Gasteiger partial charge in [0.25, 0.3) is 5.84 Å². The largest absolute Gasteiger partial charge is 0.445 e. The predicted octanol–water partition coefficient (Wildman–Crippen LogP) is 2.15. The van der Waals surface area contributed by atoms with Gasteiger partial charge in [-0.2, -0.15) is 9.48 Å². The van der Waals surface area contributed by atoms with Crippen LogP contribution in [0, 0.1) is 18.3 Å². The van der Waals surface area contributed by atoms with Crippen LogP contribution in [0.3, 0.4) is 0 Å². The highest BCUT2D eigenvalue weighted by molar-refractivity contribution is 8.14. The molecule has 30 heavy (non-hydrogen) atoms. The molecule has 11 heteroatoms. The molecule has 0 fully saturated rings. The molecule has 1 aromatic heterocycles. The van der Waals surface area contributed by atoms with Crippen LogP contribution in [0.2, 0.25) is 0 Å². The fraction of sp³-hybridized carbons (Fsp3) is 0.526. The second-order valence-corrected chi connectivity index (χ2v) is 9.40. The molecule has 1 aromatic rings. The van der Waals surface area contributed by atoms with E-state index >= 15 is 0 Å². The summed E-state index contributed by atoms with van der Waals surface area (Å²) < 4.78 is 6.30. The number of hydrogen-bond acceptors (Lipinski definition) is 8. The summed E-state index contributed by atoms with van der Waals surface area (Å²) in [6.45, 7) is 7.88. The molecule has 2 aliphatic heterocycles. The number of carbonyl (C=O) groups is 3. The topological polar surface area (TPSA) is 120 Å². The van der Waals surface area contributed by atoms with E-state index in [1.165, 1.54) is 11.6 Å². The smallest absolute Gasteiger partial charge is 0.360 e. The number of fused-ring (bicyclic) bond motifs is 1. The number of nitrogens with one attached hydrogen (secondary N) is 1. The van der Waals surface area contributed by atoms with Crippen molar-refractivity contribution in [3.8, 4) is 0 Å². The van der Waals surface area contributed by atoms with Gasteiger partial charge in [0.05, 0.1) is 19.8 Å². The fourth-order valence-electron chi connectivity index (χ4n) is 3.03. The van der Waals surface area contributed by atoms with Crippen LogP contribution in [-0.4, -0.2) is 69.0 Å². The van der Waals surface area contributed by atoms with Crippen molar-refractivity contribution in [3.63, 3.8) is 0 Å². The van der Waals surface area contributed by atoms with Gasteiger partial charge in [-0.3, -0.25) is 9.59 Å². The number of amidine groups is 2. The highest BCUT2D eigenvalue weighted by Crippen LogP contribution is 2.28. The van der Waals surface area contributed by atoms with Gasteiger partial charge < -0.3 is 9.84 Å². The Bertz CT molecular complexity index is 1000. The maximum atomic E-state index is 12.8. The molecule has 0 aromatic carbocycles. The van der Waals surface area contributed by atoms with Crippen molar-refractivity contribution >= 4 is 52.1 Å². The molecule has 2 aliphatic rings. The summed E-state index contributed by atoms with van der Waals surface area (Å²) in [5.74, 6) is 0.266. The Hall–Kier alpha value is -2.82. The van der Waals surface area contributed by atoms with Gasteiger partial charge in [0, 0.05) is 12.5 Å². The minimum Gasteiger partial charge on any atom is -0.360 e. The fourth-order valence-corrected chi connectivity index (χ4v) is 3.93. The second kappa shape index (κ2) is 8.13. The number of thioether (sulfide) groups is 1. The van der Waals surface area contributed by atoms with Crippen LogP contribution >= 0.6 is 11.8 Å². The van der Waals surface area contributed by atoms with Crippen LogP contribution < -0.4 is 5.32 Å². The van der Waals surface area contributed by atoms with Gasteiger partial charge in [-0.05, 0) is 12.3 Å². The lowest BCUT2D eigenvalue weighted by Crippen LogP contribution is -2.54. The standard InChI is InChI=1S/C19H24N6O4S/c1-10-7-11(23-29-10)20-13(26)9-30-16-14-15(21-12(22-16)8-19(2,3)4)24(5)18(28)25(6)17(14)27/h7,14H,8-9H2,1-6H3/p+1. The summed E-state index contributed by atoms with van der Waals surface area (Å²) in [4.78, 5) is 47.7. The minimum atomic E-state index is -0.812. The number of anilines is 1. The second-order valence-electron chi connectivity index (χ2n) is 8.41. The number of rotatable bonds is 4. The zero-order valence-corrected chi connectivity index (χ0v) is 18.7. The number of hydrogen-bond donors (Lipinski definition) is 1. The first-order valence-electron chi connectivity index (χ1n) is 9.40. The first-order valence-corrected chi connectivity index (χ1v) is 10.4. The predicted molar refractivity (Wildman–Crippen MR) is 114 cm³/mol. The van der Waals surface area contributed by atoms with E-state index in [2.05, 4.69) is 41.2 Å². The third-order valence-corrected chi connectivity index (χ3v) is 5.45. The van der Waals surface area contributed by atoms with Crippen LogP contribution in [0.5, 0.6) is 0 Å². The third-order valence-electron chi connectivity index (χ3n) is 4.42. The van der Waals surface area contributed by atoms with Crippen LogP contribution in [0.25, 0.3) is 0 Å². The molecule has 0 spiro atoms. The van der Waals surface area contributed by atoms with Crippen molar-refractivity contribution in [2.75, 3.05) is 25.2 Å². The molecule has 1 unspecified atom stereocenters. The van der Waals surface area contributed by atoms with E-state index in [0.717, 1.165) is 16.7 Å². The highest BCUT2D eigenvalue weighted by atomic mass is 32.2. The monoisotopic (exact) mass is 433 g/mol. The van der Waals surface area contributed by atoms with Crippen LogP contribution in [0.4, 0.5) is 10.6 Å². The number of urea groups is 1. The third kappa shape index (κ3) is 4.66. The Balaban J connectivity index is 1.86. The van der Waals surface area contributed by atoms with Crippen molar-refractivity contribution in [2.24, 2.45) is 21.3 Å². The van der Waals surface area contributed by atoms with E-state index in [0.29, 0.717) is 34.7 Å². The Morgan fingerprint density at radius 1 is 1.33 bits per heavy atom. The molecule has 1 N–H and O–H groups in total. The zero-order valence-electron chi connectivity index (χ0n) is 17.8. The Morgan fingerprint density at radius 2 is 2.03 bits per heavy atom. The molecule has 1 atom stereocenters. The highest BCUT2D eigenvalue weighted by Gasteiger charge is 2.49. The normalized spacial score (nSPS) is 19.5. The Morgan fingerprint density at radius 3 is 2.63 bits per heavy atom. The molecular formula is C19H25N6O4S+. The molecule has 3 rings (SSSR count). The SMILES string of the molecule is Cc1cc(NC(=O)CSC2=NC(CC(C)(C)C)=NC3=[N+](C)C(=O)N(C)C(=O)C23)no1. The molecule has 0 radical (unpaired) electrons.